The van der Waals surface area contributed by atoms with Gasteiger partial charge in [0.2, 0.25) is 11.8 Å². The molecule has 0 aromatic carbocycles. The molecule has 0 aromatic rings. The Balaban J connectivity index is 1.37. The van der Waals surface area contributed by atoms with Crippen molar-refractivity contribution in [2.75, 3.05) is 32.8 Å². The van der Waals surface area contributed by atoms with E-state index in [-0.39, 0.29) is 30.4 Å². The maximum atomic E-state index is 12.3. The Labute approximate surface area is 139 Å². The molecule has 0 radical (unpaired) electrons. The second kappa shape index (κ2) is 7.20. The molecule has 5 heteroatoms. The van der Waals surface area contributed by atoms with E-state index in [0.29, 0.717) is 38.0 Å². The number of hydrogen-bond acceptors (Lipinski definition) is 3. The highest BCUT2D eigenvalue weighted by Crippen LogP contribution is 2.39. The van der Waals surface area contributed by atoms with Crippen LogP contribution in [0.3, 0.4) is 0 Å². The zero-order valence-electron chi connectivity index (χ0n) is 14.5. The predicted molar refractivity (Wildman–Crippen MR) is 87.8 cm³/mol. The number of rotatable bonds is 4. The van der Waals surface area contributed by atoms with Gasteiger partial charge in [-0.05, 0) is 31.1 Å². The fourth-order valence-corrected chi connectivity index (χ4v) is 3.89. The number of nitrogens with zero attached hydrogens (tertiary/aromatic N) is 2. The Morgan fingerprint density at radius 2 is 1.65 bits per heavy atom. The Morgan fingerprint density at radius 1 is 1.00 bits per heavy atom. The number of hydrogen-bond donors (Lipinski definition) is 0. The van der Waals surface area contributed by atoms with E-state index in [9.17, 15) is 9.59 Å². The van der Waals surface area contributed by atoms with E-state index in [0.717, 1.165) is 19.3 Å². The molecule has 5 nitrogen and oxygen atoms in total. The van der Waals surface area contributed by atoms with E-state index in [1.54, 1.807) is 0 Å². The standard InChI is InChI=1S/C18H30N2O3/c1-13-4-3-5-15(10-13)23-12-17(21)19-6-8-20(9-7-19)18(22)16-11-14(16)2/h13-16H,3-12H2,1-2H3/t13-,14-,15+,16-/m1/s1. The molecular weight excluding hydrogens is 292 g/mol. The zero-order valence-corrected chi connectivity index (χ0v) is 14.5. The van der Waals surface area contributed by atoms with Crippen LogP contribution in [-0.2, 0) is 14.3 Å². The van der Waals surface area contributed by atoms with E-state index < -0.39 is 0 Å². The van der Waals surface area contributed by atoms with Gasteiger partial charge in [0.25, 0.3) is 0 Å². The van der Waals surface area contributed by atoms with Gasteiger partial charge in [-0.25, -0.2) is 0 Å². The number of piperazine rings is 1. The minimum atomic E-state index is 0.0788. The van der Waals surface area contributed by atoms with Crippen molar-refractivity contribution in [1.82, 2.24) is 9.80 Å². The van der Waals surface area contributed by atoms with Crippen LogP contribution in [0.1, 0.15) is 46.0 Å². The smallest absolute Gasteiger partial charge is 0.248 e. The Hall–Kier alpha value is -1.10. The second-order valence-corrected chi connectivity index (χ2v) is 7.73. The molecule has 2 aliphatic carbocycles. The summed E-state index contributed by atoms with van der Waals surface area (Å²) in [5.74, 6) is 1.87. The van der Waals surface area contributed by atoms with E-state index >= 15 is 0 Å². The molecule has 0 spiro atoms. The first-order chi connectivity index (χ1) is 11.0. The lowest BCUT2D eigenvalue weighted by molar-refractivity contribution is -0.145. The van der Waals surface area contributed by atoms with Crippen molar-refractivity contribution >= 4 is 11.8 Å². The summed E-state index contributed by atoms with van der Waals surface area (Å²) >= 11 is 0. The topological polar surface area (TPSA) is 49.9 Å². The van der Waals surface area contributed by atoms with Gasteiger partial charge in [0.15, 0.2) is 0 Å². The van der Waals surface area contributed by atoms with Gasteiger partial charge in [-0.1, -0.05) is 26.7 Å². The SMILES string of the molecule is C[C@@H]1CCC[C@H](OCC(=O)N2CCN(C(=O)[C@@H]3C[C@H]3C)CC2)C1. The van der Waals surface area contributed by atoms with Gasteiger partial charge in [-0.15, -0.1) is 0 Å². The van der Waals surface area contributed by atoms with Gasteiger partial charge in [-0.2, -0.15) is 0 Å². The number of amides is 2. The van der Waals surface area contributed by atoms with Gasteiger partial charge in [0.1, 0.15) is 6.61 Å². The number of ether oxygens (including phenoxy) is 1. The average Bonchev–Trinajstić information content (AvgIpc) is 3.29. The first kappa shape index (κ1) is 16.7. The molecule has 1 aliphatic heterocycles. The molecule has 2 amide bonds. The third-order valence-electron chi connectivity index (χ3n) is 5.70. The molecule has 0 bridgehead atoms. The summed E-state index contributed by atoms with van der Waals surface area (Å²) in [6.07, 6.45) is 5.94. The lowest BCUT2D eigenvalue weighted by atomic mass is 9.89. The summed E-state index contributed by atoms with van der Waals surface area (Å²) in [4.78, 5) is 28.3. The highest BCUT2D eigenvalue weighted by molar-refractivity contribution is 5.82. The minimum absolute atomic E-state index is 0.0788. The highest BCUT2D eigenvalue weighted by Gasteiger charge is 2.42. The molecular formula is C18H30N2O3. The van der Waals surface area contributed by atoms with Crippen LogP contribution in [0.25, 0.3) is 0 Å². The fourth-order valence-electron chi connectivity index (χ4n) is 3.89. The predicted octanol–water partition coefficient (Wildman–Crippen LogP) is 1.91. The molecule has 1 heterocycles. The Morgan fingerprint density at radius 3 is 2.26 bits per heavy atom. The van der Waals surface area contributed by atoms with Crippen LogP contribution in [-0.4, -0.2) is 60.5 Å². The molecule has 2 saturated carbocycles. The Bertz CT molecular complexity index is 446. The van der Waals surface area contributed by atoms with Crippen molar-refractivity contribution in [3.8, 4) is 0 Å². The van der Waals surface area contributed by atoms with Crippen LogP contribution >= 0.6 is 0 Å². The maximum absolute atomic E-state index is 12.3. The number of carbonyl (C=O) groups is 2. The first-order valence-corrected chi connectivity index (χ1v) is 9.22. The zero-order chi connectivity index (χ0) is 16.4. The van der Waals surface area contributed by atoms with Crippen LogP contribution < -0.4 is 0 Å². The number of carbonyl (C=O) groups excluding carboxylic acids is 2. The minimum Gasteiger partial charge on any atom is -0.368 e. The fraction of sp³-hybridized carbons (Fsp3) is 0.889. The summed E-state index contributed by atoms with van der Waals surface area (Å²) in [5, 5.41) is 0. The van der Waals surface area contributed by atoms with Crippen molar-refractivity contribution < 1.29 is 14.3 Å². The van der Waals surface area contributed by atoms with Gasteiger partial charge < -0.3 is 14.5 Å². The highest BCUT2D eigenvalue weighted by atomic mass is 16.5. The summed E-state index contributed by atoms with van der Waals surface area (Å²) in [6, 6.07) is 0. The summed E-state index contributed by atoms with van der Waals surface area (Å²) in [7, 11) is 0. The lowest BCUT2D eigenvalue weighted by Crippen LogP contribution is -2.52. The third kappa shape index (κ3) is 4.25. The van der Waals surface area contributed by atoms with Crippen molar-refractivity contribution in [2.45, 2.75) is 52.1 Å². The van der Waals surface area contributed by atoms with Crippen molar-refractivity contribution in [1.29, 1.82) is 0 Å². The molecule has 3 fully saturated rings. The molecule has 1 saturated heterocycles. The second-order valence-electron chi connectivity index (χ2n) is 7.73. The Kier molecular flexibility index (Phi) is 5.24. The molecule has 3 rings (SSSR count). The van der Waals surface area contributed by atoms with Crippen LogP contribution in [0.4, 0.5) is 0 Å². The third-order valence-corrected chi connectivity index (χ3v) is 5.70. The van der Waals surface area contributed by atoms with Gasteiger partial charge in [0, 0.05) is 32.1 Å². The molecule has 0 N–H and O–H groups in total. The van der Waals surface area contributed by atoms with Crippen LogP contribution in [0.15, 0.2) is 0 Å². The molecule has 130 valence electrons. The summed E-state index contributed by atoms with van der Waals surface area (Å²) in [5.41, 5.74) is 0. The van der Waals surface area contributed by atoms with Crippen molar-refractivity contribution in [3.05, 3.63) is 0 Å². The van der Waals surface area contributed by atoms with Gasteiger partial charge >= 0.3 is 0 Å². The maximum Gasteiger partial charge on any atom is 0.248 e. The van der Waals surface area contributed by atoms with E-state index in [1.807, 2.05) is 9.80 Å². The van der Waals surface area contributed by atoms with Crippen molar-refractivity contribution in [3.63, 3.8) is 0 Å². The molecule has 3 aliphatic rings. The molecule has 23 heavy (non-hydrogen) atoms. The van der Waals surface area contributed by atoms with Crippen LogP contribution in [0.5, 0.6) is 0 Å². The molecule has 4 atom stereocenters. The van der Waals surface area contributed by atoms with Crippen LogP contribution in [0, 0.1) is 17.8 Å². The lowest BCUT2D eigenvalue weighted by Gasteiger charge is -2.35. The summed E-state index contributed by atoms with van der Waals surface area (Å²) in [6.45, 7) is 7.24. The van der Waals surface area contributed by atoms with Crippen LogP contribution in [0.2, 0.25) is 0 Å². The average molecular weight is 322 g/mol. The molecule has 0 unspecified atom stereocenters. The quantitative estimate of drug-likeness (QED) is 0.794. The van der Waals surface area contributed by atoms with Gasteiger partial charge in [0.05, 0.1) is 6.10 Å². The van der Waals surface area contributed by atoms with Gasteiger partial charge in [-0.3, -0.25) is 9.59 Å². The van der Waals surface area contributed by atoms with E-state index in [4.69, 9.17) is 4.74 Å². The van der Waals surface area contributed by atoms with E-state index in [1.165, 1.54) is 12.8 Å². The van der Waals surface area contributed by atoms with E-state index in [2.05, 4.69) is 13.8 Å². The van der Waals surface area contributed by atoms with Crippen molar-refractivity contribution in [2.24, 2.45) is 17.8 Å². The summed E-state index contributed by atoms with van der Waals surface area (Å²) < 4.78 is 5.83. The first-order valence-electron chi connectivity index (χ1n) is 9.22. The largest absolute Gasteiger partial charge is 0.368 e. The normalized spacial score (nSPS) is 34.3. The molecule has 0 aromatic heterocycles. The monoisotopic (exact) mass is 322 g/mol.